The van der Waals surface area contributed by atoms with Crippen LogP contribution >= 0.6 is 0 Å². The minimum Gasteiger partial charge on any atom is -0.507 e. The molecular formula is C29H32F2O7. The van der Waals surface area contributed by atoms with Crippen molar-refractivity contribution in [2.24, 2.45) is 28.6 Å². The number of para-hydroxylation sites is 1. The normalized spacial score (nSPS) is 43.5. The number of halogens is 2. The molecule has 1 aromatic carbocycles. The Labute approximate surface area is 219 Å². The van der Waals surface area contributed by atoms with Crippen LogP contribution in [0.5, 0.6) is 5.75 Å². The third kappa shape index (κ3) is 3.27. The summed E-state index contributed by atoms with van der Waals surface area (Å²) in [7, 11) is 0. The zero-order valence-corrected chi connectivity index (χ0v) is 21.5. The fraction of sp³-hybridized carbons (Fsp3) is 0.552. The van der Waals surface area contributed by atoms with E-state index >= 15 is 8.78 Å². The maximum Gasteiger partial charge on any atom is 0.342 e. The smallest absolute Gasteiger partial charge is 0.342 e. The Bertz CT molecular complexity index is 1280. The third-order valence-electron chi connectivity index (χ3n) is 10.1. The number of rotatable bonds is 4. The Morgan fingerprint density at radius 1 is 1.16 bits per heavy atom. The van der Waals surface area contributed by atoms with Crippen molar-refractivity contribution in [2.75, 3.05) is 6.61 Å². The van der Waals surface area contributed by atoms with Crippen molar-refractivity contribution in [3.8, 4) is 5.75 Å². The number of alkyl halides is 2. The number of aliphatic hydroxyl groups is 2. The number of Topliss-reactive ketones (excluding diaryl/α,β-unsaturated/α-hetero) is 1. The Morgan fingerprint density at radius 2 is 1.84 bits per heavy atom. The lowest BCUT2D eigenvalue weighted by molar-refractivity contribution is -0.223. The monoisotopic (exact) mass is 530 g/mol. The van der Waals surface area contributed by atoms with Gasteiger partial charge >= 0.3 is 5.97 Å². The second kappa shape index (κ2) is 8.55. The number of carbonyl (C=O) groups is 3. The summed E-state index contributed by atoms with van der Waals surface area (Å²) in [5.74, 6) is -4.93. The van der Waals surface area contributed by atoms with Crippen LogP contribution in [0.1, 0.15) is 50.4 Å². The molecule has 3 saturated carbocycles. The highest BCUT2D eigenvalue weighted by molar-refractivity contribution is 6.01. The van der Waals surface area contributed by atoms with Crippen LogP contribution in [0.15, 0.2) is 48.1 Å². The van der Waals surface area contributed by atoms with E-state index < -0.39 is 76.3 Å². The van der Waals surface area contributed by atoms with Gasteiger partial charge in [0, 0.05) is 16.7 Å². The first-order valence-electron chi connectivity index (χ1n) is 12.9. The van der Waals surface area contributed by atoms with Gasteiger partial charge in [0.2, 0.25) is 5.78 Å². The highest BCUT2D eigenvalue weighted by Gasteiger charge is 2.76. The van der Waals surface area contributed by atoms with Gasteiger partial charge in [-0.15, -0.1) is 0 Å². The van der Waals surface area contributed by atoms with Crippen LogP contribution in [-0.2, 0) is 14.3 Å². The average molecular weight is 531 g/mol. The molecule has 0 radical (unpaired) electrons. The fourth-order valence-corrected chi connectivity index (χ4v) is 8.10. The number of allylic oxidation sites excluding steroid dienone is 4. The van der Waals surface area contributed by atoms with Gasteiger partial charge in [0.1, 0.15) is 23.1 Å². The van der Waals surface area contributed by atoms with E-state index in [9.17, 15) is 29.7 Å². The van der Waals surface area contributed by atoms with Crippen molar-refractivity contribution >= 4 is 17.5 Å². The topological polar surface area (TPSA) is 121 Å². The maximum absolute atomic E-state index is 17.2. The van der Waals surface area contributed by atoms with E-state index in [-0.39, 0.29) is 36.1 Å². The number of ketones is 2. The first-order valence-corrected chi connectivity index (χ1v) is 12.9. The van der Waals surface area contributed by atoms with Crippen LogP contribution < -0.4 is 0 Å². The van der Waals surface area contributed by atoms with E-state index in [2.05, 4.69) is 0 Å². The van der Waals surface area contributed by atoms with Gasteiger partial charge in [0.25, 0.3) is 0 Å². The number of fused-ring (bicyclic) bond motifs is 5. The quantitative estimate of drug-likeness (QED) is 0.510. The summed E-state index contributed by atoms with van der Waals surface area (Å²) in [4.78, 5) is 37.9. The number of aromatic hydroxyl groups is 1. The van der Waals surface area contributed by atoms with E-state index in [4.69, 9.17) is 4.74 Å². The first-order chi connectivity index (χ1) is 17.7. The minimum absolute atomic E-state index is 0.000126. The highest BCUT2D eigenvalue weighted by Crippen LogP contribution is 2.71. The molecule has 4 aliphatic carbocycles. The molecule has 0 aromatic heterocycles. The van der Waals surface area contributed by atoms with Gasteiger partial charge in [0.05, 0.1) is 6.10 Å². The molecule has 0 spiro atoms. The molecule has 4 aliphatic rings. The SMILES string of the molecule is C[C@@H]1C[C@H]2[C@@H]3C[C@H](F)C4=CC(=O)C=C[C@]4(C)[C@@]3(F)[C@@H](O)C[C@]2(C)[C@@]1(O)C(=O)COC(=O)c1ccccc1O. The Morgan fingerprint density at radius 3 is 2.53 bits per heavy atom. The third-order valence-corrected chi connectivity index (χ3v) is 10.1. The van der Waals surface area contributed by atoms with Crippen LogP contribution in [0.2, 0.25) is 0 Å². The summed E-state index contributed by atoms with van der Waals surface area (Å²) in [6, 6.07) is 5.67. The molecule has 204 valence electrons. The lowest BCUT2D eigenvalue weighted by Crippen LogP contribution is -2.70. The molecule has 0 bridgehead atoms. The van der Waals surface area contributed by atoms with Crippen molar-refractivity contribution < 1.29 is 43.2 Å². The molecule has 9 atom stereocenters. The molecule has 1 aromatic rings. The van der Waals surface area contributed by atoms with Crippen molar-refractivity contribution in [3.63, 3.8) is 0 Å². The van der Waals surface area contributed by atoms with Crippen molar-refractivity contribution in [1.82, 2.24) is 0 Å². The number of phenols is 1. The zero-order chi connectivity index (χ0) is 27.8. The summed E-state index contributed by atoms with van der Waals surface area (Å²) in [5, 5.41) is 33.2. The number of esters is 1. The number of hydrogen-bond acceptors (Lipinski definition) is 7. The van der Waals surface area contributed by atoms with Gasteiger partial charge < -0.3 is 20.1 Å². The van der Waals surface area contributed by atoms with Crippen LogP contribution in [0.3, 0.4) is 0 Å². The summed E-state index contributed by atoms with van der Waals surface area (Å²) in [5.41, 5.74) is -7.45. The zero-order valence-electron chi connectivity index (χ0n) is 21.5. The van der Waals surface area contributed by atoms with E-state index in [1.165, 1.54) is 43.3 Å². The summed E-state index contributed by atoms with van der Waals surface area (Å²) in [6.45, 7) is 3.94. The molecule has 0 heterocycles. The van der Waals surface area contributed by atoms with Gasteiger partial charge in [-0.1, -0.05) is 32.1 Å². The largest absolute Gasteiger partial charge is 0.507 e. The summed E-state index contributed by atoms with van der Waals surface area (Å²) >= 11 is 0. The Hall–Kier alpha value is -2.91. The Kier molecular flexibility index (Phi) is 6.00. The van der Waals surface area contributed by atoms with E-state index in [0.29, 0.717) is 0 Å². The number of hydrogen-bond donors (Lipinski definition) is 3. The molecule has 0 saturated heterocycles. The molecule has 0 unspecified atom stereocenters. The molecule has 0 amide bonds. The molecule has 9 heteroatoms. The number of carbonyl (C=O) groups excluding carboxylic acids is 3. The van der Waals surface area contributed by atoms with Crippen LogP contribution in [0, 0.1) is 28.6 Å². The number of aliphatic hydroxyl groups excluding tert-OH is 1. The lowest BCUT2D eigenvalue weighted by atomic mass is 9.44. The molecular weight excluding hydrogens is 498 g/mol. The average Bonchev–Trinajstić information content (AvgIpc) is 3.07. The molecule has 3 fully saturated rings. The van der Waals surface area contributed by atoms with Gasteiger partial charge in [0.15, 0.2) is 18.1 Å². The van der Waals surface area contributed by atoms with Crippen LogP contribution in [0.4, 0.5) is 8.78 Å². The van der Waals surface area contributed by atoms with E-state index in [0.717, 1.165) is 6.08 Å². The number of benzene rings is 1. The second-order valence-electron chi connectivity index (χ2n) is 11.8. The lowest BCUT2D eigenvalue weighted by Gasteiger charge is -2.63. The first kappa shape index (κ1) is 26.7. The second-order valence-corrected chi connectivity index (χ2v) is 11.8. The molecule has 7 nitrogen and oxygen atoms in total. The summed E-state index contributed by atoms with van der Waals surface area (Å²) in [6.07, 6.45) is -0.0437. The van der Waals surface area contributed by atoms with Gasteiger partial charge in [-0.3, -0.25) is 9.59 Å². The van der Waals surface area contributed by atoms with Crippen molar-refractivity contribution in [1.29, 1.82) is 0 Å². The predicted octanol–water partition coefficient (Wildman–Crippen LogP) is 3.41. The van der Waals surface area contributed by atoms with Crippen LogP contribution in [-0.4, -0.2) is 63.0 Å². The molecule has 3 N–H and O–H groups in total. The number of phenolic OH excluding ortho intramolecular Hbond substituents is 1. The Balaban J connectivity index is 1.46. The molecule has 5 rings (SSSR count). The fourth-order valence-electron chi connectivity index (χ4n) is 8.10. The standard InChI is InChI=1S/C29H32F2O7/c1-15-10-18-19-12-21(30)20-11-16(32)8-9-26(20,2)28(19,31)23(34)13-27(18,3)29(15,37)24(35)14-38-25(36)17-6-4-5-7-22(17)33/h4-9,11,15,18-19,21,23,33-34,37H,10,12-14H2,1-3H3/t15-,18+,19+,21+,23+,26+,27+,28+,29+/m1/s1. The van der Waals surface area contributed by atoms with Crippen molar-refractivity contribution in [2.45, 2.75) is 63.6 Å². The van der Waals surface area contributed by atoms with Gasteiger partial charge in [-0.2, -0.15) is 0 Å². The molecule has 0 aliphatic heterocycles. The van der Waals surface area contributed by atoms with E-state index in [1.807, 2.05) is 0 Å². The minimum atomic E-state index is -2.33. The highest BCUT2D eigenvalue weighted by atomic mass is 19.1. The van der Waals surface area contributed by atoms with Gasteiger partial charge in [-0.25, -0.2) is 13.6 Å². The van der Waals surface area contributed by atoms with Crippen molar-refractivity contribution in [3.05, 3.63) is 53.6 Å². The van der Waals surface area contributed by atoms with E-state index in [1.54, 1.807) is 13.8 Å². The van der Waals surface area contributed by atoms with Crippen LogP contribution in [0.25, 0.3) is 0 Å². The van der Waals surface area contributed by atoms with Gasteiger partial charge in [-0.05, 0) is 67.9 Å². The maximum atomic E-state index is 17.2. The number of ether oxygens (including phenoxy) is 1. The predicted molar refractivity (Wildman–Crippen MR) is 132 cm³/mol. The summed E-state index contributed by atoms with van der Waals surface area (Å²) < 4.78 is 37.9. The molecule has 38 heavy (non-hydrogen) atoms.